The van der Waals surface area contributed by atoms with Gasteiger partial charge in [-0.15, -0.1) is 0 Å². The van der Waals surface area contributed by atoms with Gasteiger partial charge >= 0.3 is 0 Å². The first-order valence-corrected chi connectivity index (χ1v) is 17.4. The van der Waals surface area contributed by atoms with Crippen LogP contribution in [-0.4, -0.2) is 20.8 Å². The van der Waals surface area contributed by atoms with Crippen LogP contribution in [0.2, 0.25) is 0 Å². The van der Waals surface area contributed by atoms with Crippen molar-refractivity contribution in [3.63, 3.8) is 0 Å². The van der Waals surface area contributed by atoms with Gasteiger partial charge in [0.05, 0.1) is 11.7 Å². The van der Waals surface area contributed by atoms with Crippen molar-refractivity contribution < 1.29 is 0 Å². The van der Waals surface area contributed by atoms with Crippen LogP contribution in [0, 0.1) is 0 Å². The molecule has 9 rings (SSSR count). The summed E-state index contributed by atoms with van der Waals surface area (Å²) >= 11 is 0. The fourth-order valence-electron chi connectivity index (χ4n) is 6.78. The number of hydrogen-bond donors (Lipinski definition) is 1. The van der Waals surface area contributed by atoms with Gasteiger partial charge in [-0.2, -0.15) is 0 Å². The van der Waals surface area contributed by atoms with Gasteiger partial charge < -0.3 is 5.32 Å². The molecule has 1 atom stereocenters. The molecule has 0 saturated carbocycles. The zero-order valence-electron chi connectivity index (χ0n) is 28.3. The Bertz CT molecular complexity index is 2510. The van der Waals surface area contributed by atoms with E-state index in [9.17, 15) is 0 Å². The van der Waals surface area contributed by atoms with Crippen molar-refractivity contribution >= 4 is 22.3 Å². The first-order valence-electron chi connectivity index (χ1n) is 17.4. The van der Waals surface area contributed by atoms with Crippen molar-refractivity contribution in [1.29, 1.82) is 0 Å². The molecule has 0 bridgehead atoms. The smallest absolute Gasteiger partial charge is 0.164 e. The molecule has 7 aromatic carbocycles. The van der Waals surface area contributed by atoms with Gasteiger partial charge in [-0.05, 0) is 39.1 Å². The van der Waals surface area contributed by atoms with Crippen LogP contribution in [-0.2, 0) is 0 Å². The third-order valence-electron chi connectivity index (χ3n) is 9.41. The van der Waals surface area contributed by atoms with E-state index in [2.05, 4.69) is 127 Å². The standard InChI is InChI=1S/C47H33N5/c1-5-15-33(16-6-1)42-31-43(34-17-7-2-8-18-34)49-47(48-42)41-30-29-38(39-23-13-14-24-40(39)41)32-25-27-37(28-26-32)46-51-44(35-19-9-3-10-20-35)50-45(52-46)36-21-11-4-12-22-36/h1-31,42H,(H,48,49). The maximum atomic E-state index is 5.20. The molecule has 2 heterocycles. The Kier molecular flexibility index (Phi) is 8.20. The lowest BCUT2D eigenvalue weighted by atomic mass is 9.93. The third-order valence-corrected chi connectivity index (χ3v) is 9.41. The third kappa shape index (κ3) is 6.16. The van der Waals surface area contributed by atoms with Gasteiger partial charge in [0.2, 0.25) is 0 Å². The Hall–Kier alpha value is -6.98. The Labute approximate surface area is 302 Å². The van der Waals surface area contributed by atoms with Crippen molar-refractivity contribution in [2.24, 2.45) is 4.99 Å². The summed E-state index contributed by atoms with van der Waals surface area (Å²) in [5.74, 6) is 2.78. The summed E-state index contributed by atoms with van der Waals surface area (Å²) in [6, 6.07) is 62.5. The molecule has 1 aromatic heterocycles. The maximum Gasteiger partial charge on any atom is 0.164 e. The molecule has 0 radical (unpaired) electrons. The molecule has 1 aliphatic rings. The first-order chi connectivity index (χ1) is 25.8. The molecular weight excluding hydrogens is 635 g/mol. The summed E-state index contributed by atoms with van der Waals surface area (Å²) in [4.78, 5) is 19.9. The highest BCUT2D eigenvalue weighted by Gasteiger charge is 2.22. The molecule has 5 nitrogen and oxygen atoms in total. The second-order valence-electron chi connectivity index (χ2n) is 12.7. The average Bonchev–Trinajstić information content (AvgIpc) is 3.24. The highest BCUT2D eigenvalue weighted by atomic mass is 15.1. The molecule has 1 aliphatic heterocycles. The van der Waals surface area contributed by atoms with Gasteiger partial charge in [-0.3, -0.25) is 0 Å². The number of aliphatic imine (C=N–C) groups is 1. The van der Waals surface area contributed by atoms with E-state index >= 15 is 0 Å². The van der Waals surface area contributed by atoms with Crippen molar-refractivity contribution in [3.8, 4) is 45.3 Å². The topological polar surface area (TPSA) is 63.1 Å². The quantitative estimate of drug-likeness (QED) is 0.184. The number of aromatic nitrogens is 3. The van der Waals surface area contributed by atoms with Crippen molar-refractivity contribution in [2.45, 2.75) is 6.04 Å². The minimum atomic E-state index is -0.0184. The van der Waals surface area contributed by atoms with E-state index in [0.29, 0.717) is 17.5 Å². The van der Waals surface area contributed by atoms with Crippen LogP contribution < -0.4 is 5.32 Å². The second kappa shape index (κ2) is 13.7. The van der Waals surface area contributed by atoms with Gasteiger partial charge in [0.15, 0.2) is 17.5 Å². The molecule has 0 spiro atoms. The van der Waals surface area contributed by atoms with E-state index in [1.165, 1.54) is 5.56 Å². The molecule has 52 heavy (non-hydrogen) atoms. The van der Waals surface area contributed by atoms with Crippen LogP contribution in [0.4, 0.5) is 0 Å². The summed E-state index contributed by atoms with van der Waals surface area (Å²) in [7, 11) is 0. The lowest BCUT2D eigenvalue weighted by molar-refractivity contribution is 0.781. The van der Waals surface area contributed by atoms with Gasteiger partial charge in [0.1, 0.15) is 5.84 Å². The van der Waals surface area contributed by atoms with Crippen molar-refractivity contribution in [1.82, 2.24) is 20.3 Å². The van der Waals surface area contributed by atoms with Gasteiger partial charge in [0, 0.05) is 22.3 Å². The Morgan fingerprint density at radius 2 is 0.788 bits per heavy atom. The molecule has 0 saturated heterocycles. The molecule has 1 unspecified atom stereocenters. The molecule has 246 valence electrons. The van der Waals surface area contributed by atoms with Gasteiger partial charge in [-0.1, -0.05) is 182 Å². The van der Waals surface area contributed by atoms with Crippen LogP contribution in [0.25, 0.3) is 61.8 Å². The zero-order chi connectivity index (χ0) is 34.7. The highest BCUT2D eigenvalue weighted by molar-refractivity contribution is 6.14. The fourth-order valence-corrected chi connectivity index (χ4v) is 6.78. The van der Waals surface area contributed by atoms with Gasteiger partial charge in [-0.25, -0.2) is 19.9 Å². The summed E-state index contributed by atoms with van der Waals surface area (Å²) in [5, 5.41) is 6.04. The van der Waals surface area contributed by atoms with Crippen molar-refractivity contribution in [3.05, 3.63) is 205 Å². The van der Waals surface area contributed by atoms with Crippen LogP contribution >= 0.6 is 0 Å². The normalized spacial score (nSPS) is 14.0. The van der Waals surface area contributed by atoms with Crippen LogP contribution in [0.5, 0.6) is 0 Å². The monoisotopic (exact) mass is 667 g/mol. The second-order valence-corrected chi connectivity index (χ2v) is 12.7. The highest BCUT2D eigenvalue weighted by Crippen LogP contribution is 2.35. The zero-order valence-corrected chi connectivity index (χ0v) is 28.3. The van der Waals surface area contributed by atoms with E-state index in [-0.39, 0.29) is 6.04 Å². The molecule has 1 N–H and O–H groups in total. The first kappa shape index (κ1) is 31.0. The maximum absolute atomic E-state index is 5.20. The number of nitrogens with zero attached hydrogens (tertiary/aromatic N) is 4. The van der Waals surface area contributed by atoms with E-state index in [4.69, 9.17) is 19.9 Å². The summed E-state index contributed by atoms with van der Waals surface area (Å²) in [5.41, 5.74) is 9.37. The predicted octanol–water partition coefficient (Wildman–Crippen LogP) is 10.8. The number of rotatable bonds is 7. The van der Waals surface area contributed by atoms with Crippen molar-refractivity contribution in [2.75, 3.05) is 0 Å². The molecule has 5 heteroatoms. The van der Waals surface area contributed by atoms with Crippen LogP contribution in [0.1, 0.15) is 22.7 Å². The summed E-state index contributed by atoms with van der Waals surface area (Å²) < 4.78 is 0. The lowest BCUT2D eigenvalue weighted by Crippen LogP contribution is -2.31. The molecule has 0 fully saturated rings. The van der Waals surface area contributed by atoms with E-state index in [1.54, 1.807) is 0 Å². The lowest BCUT2D eigenvalue weighted by Gasteiger charge is -2.25. The number of nitrogens with one attached hydrogen (secondary N) is 1. The van der Waals surface area contributed by atoms with E-state index < -0.39 is 0 Å². The van der Waals surface area contributed by atoms with Crippen LogP contribution in [0.3, 0.4) is 0 Å². The Morgan fingerprint density at radius 1 is 0.365 bits per heavy atom. The minimum absolute atomic E-state index is 0.0184. The Morgan fingerprint density at radius 3 is 1.35 bits per heavy atom. The number of benzene rings is 7. The van der Waals surface area contributed by atoms with Crippen LogP contribution in [0.15, 0.2) is 193 Å². The molecule has 0 aliphatic carbocycles. The fraction of sp³-hybridized carbons (Fsp3) is 0.0213. The van der Waals surface area contributed by atoms with E-state index in [0.717, 1.165) is 61.2 Å². The largest absolute Gasteiger partial charge is 0.359 e. The Balaban J connectivity index is 1.10. The minimum Gasteiger partial charge on any atom is -0.359 e. The van der Waals surface area contributed by atoms with E-state index in [1.807, 2.05) is 66.7 Å². The van der Waals surface area contributed by atoms with Gasteiger partial charge in [0.25, 0.3) is 0 Å². The number of hydrogen-bond acceptors (Lipinski definition) is 5. The SMILES string of the molecule is C1=C(c2ccccc2)N=C(c2ccc(-c3ccc(-c4nc(-c5ccccc5)nc(-c5ccccc5)n4)cc3)c3ccccc23)NC1c1ccccc1. The molecule has 0 amide bonds. The molecule has 8 aromatic rings. The molecular formula is C47H33N5. The average molecular weight is 668 g/mol. The number of fused-ring (bicyclic) bond motifs is 1. The summed E-state index contributed by atoms with van der Waals surface area (Å²) in [6.07, 6.45) is 2.21. The summed E-state index contributed by atoms with van der Waals surface area (Å²) in [6.45, 7) is 0. The number of amidine groups is 1. The predicted molar refractivity (Wildman–Crippen MR) is 212 cm³/mol.